The molecule has 1 aromatic heterocycles. The molecule has 0 aliphatic rings. The zero-order valence-electron chi connectivity index (χ0n) is 18.0. The highest BCUT2D eigenvalue weighted by molar-refractivity contribution is 9.10. The third-order valence-electron chi connectivity index (χ3n) is 4.92. The standard InChI is InChI=1S/C24H19BrClN3O3S/c1-12-4-6-16(18(26)8-12)23-28-19-11-15(5-7-20(19)32-23)27-24(33)29-22(30)17-10-14(25)9-13(2)21(17)31-3/h4-11H,1-3H3,(H2,27,29,30,33). The molecule has 33 heavy (non-hydrogen) atoms. The summed E-state index contributed by atoms with van der Waals surface area (Å²) in [5.74, 6) is 0.539. The second-order valence-corrected chi connectivity index (χ2v) is 9.13. The average Bonchev–Trinajstić information content (AvgIpc) is 3.16. The number of amides is 1. The predicted molar refractivity (Wildman–Crippen MR) is 138 cm³/mol. The van der Waals surface area contributed by atoms with E-state index in [1.807, 2.05) is 38.1 Å². The Morgan fingerprint density at radius 1 is 1.15 bits per heavy atom. The molecule has 1 heterocycles. The topological polar surface area (TPSA) is 76.4 Å². The summed E-state index contributed by atoms with van der Waals surface area (Å²) in [7, 11) is 1.52. The number of oxazole rings is 1. The van der Waals surface area contributed by atoms with Crippen molar-refractivity contribution >= 4 is 67.6 Å². The van der Waals surface area contributed by atoms with Gasteiger partial charge in [-0.1, -0.05) is 33.6 Å². The number of rotatable bonds is 4. The van der Waals surface area contributed by atoms with Gasteiger partial charge in [-0.2, -0.15) is 0 Å². The number of aromatic nitrogens is 1. The van der Waals surface area contributed by atoms with Crippen molar-refractivity contribution in [2.75, 3.05) is 12.4 Å². The fraction of sp³-hybridized carbons (Fsp3) is 0.125. The zero-order chi connectivity index (χ0) is 23.7. The van der Waals surface area contributed by atoms with Crippen LogP contribution < -0.4 is 15.4 Å². The lowest BCUT2D eigenvalue weighted by Crippen LogP contribution is -2.34. The van der Waals surface area contributed by atoms with Crippen LogP contribution in [0.3, 0.4) is 0 Å². The maximum Gasteiger partial charge on any atom is 0.261 e. The smallest absolute Gasteiger partial charge is 0.261 e. The molecular weight excluding hydrogens is 526 g/mol. The van der Waals surface area contributed by atoms with Gasteiger partial charge in [0.05, 0.1) is 23.3 Å². The molecule has 2 N–H and O–H groups in total. The number of hydrogen-bond acceptors (Lipinski definition) is 5. The molecule has 6 nitrogen and oxygen atoms in total. The van der Waals surface area contributed by atoms with E-state index in [4.69, 9.17) is 33.0 Å². The lowest BCUT2D eigenvalue weighted by atomic mass is 10.1. The van der Waals surface area contributed by atoms with Crippen molar-refractivity contribution in [2.24, 2.45) is 0 Å². The van der Waals surface area contributed by atoms with Crippen LogP contribution in [0.4, 0.5) is 5.69 Å². The second kappa shape index (κ2) is 9.51. The fourth-order valence-electron chi connectivity index (χ4n) is 3.42. The van der Waals surface area contributed by atoms with Crippen LogP contribution in [-0.4, -0.2) is 23.1 Å². The number of carbonyl (C=O) groups excluding carboxylic acids is 1. The van der Waals surface area contributed by atoms with E-state index in [1.54, 1.807) is 24.3 Å². The van der Waals surface area contributed by atoms with Crippen LogP contribution in [-0.2, 0) is 0 Å². The molecule has 0 bridgehead atoms. The van der Waals surface area contributed by atoms with Crippen LogP contribution in [0.5, 0.6) is 5.75 Å². The van der Waals surface area contributed by atoms with E-state index in [2.05, 4.69) is 31.5 Å². The molecule has 9 heteroatoms. The molecule has 0 radical (unpaired) electrons. The Bertz CT molecular complexity index is 1400. The Morgan fingerprint density at radius 3 is 2.67 bits per heavy atom. The number of hydrogen-bond donors (Lipinski definition) is 2. The van der Waals surface area contributed by atoms with E-state index in [1.165, 1.54) is 7.11 Å². The van der Waals surface area contributed by atoms with Gasteiger partial charge >= 0.3 is 0 Å². The maximum atomic E-state index is 12.8. The molecule has 0 aliphatic carbocycles. The van der Waals surface area contributed by atoms with Gasteiger partial charge in [-0.05, 0) is 79.7 Å². The lowest BCUT2D eigenvalue weighted by molar-refractivity contribution is 0.0974. The number of methoxy groups -OCH3 is 1. The number of carbonyl (C=O) groups is 1. The summed E-state index contributed by atoms with van der Waals surface area (Å²) in [6.45, 7) is 3.83. The van der Waals surface area contributed by atoms with Gasteiger partial charge in [0.15, 0.2) is 10.7 Å². The number of thiocarbonyl (C=S) groups is 1. The van der Waals surface area contributed by atoms with Gasteiger partial charge in [0.2, 0.25) is 5.89 Å². The van der Waals surface area contributed by atoms with Gasteiger partial charge in [0, 0.05) is 10.2 Å². The minimum Gasteiger partial charge on any atom is -0.496 e. The van der Waals surface area contributed by atoms with Gasteiger partial charge in [0.25, 0.3) is 5.91 Å². The minimum atomic E-state index is -0.382. The molecule has 0 aliphatic heterocycles. The Labute approximate surface area is 209 Å². The van der Waals surface area contributed by atoms with Crippen molar-refractivity contribution in [1.82, 2.24) is 10.3 Å². The average molecular weight is 545 g/mol. The van der Waals surface area contributed by atoms with Crippen molar-refractivity contribution in [3.05, 3.63) is 74.7 Å². The Hall–Kier alpha value is -2.94. The highest BCUT2D eigenvalue weighted by Gasteiger charge is 2.17. The molecular formula is C24H19BrClN3O3S. The van der Waals surface area contributed by atoms with Crippen molar-refractivity contribution in [2.45, 2.75) is 13.8 Å². The Morgan fingerprint density at radius 2 is 1.94 bits per heavy atom. The minimum absolute atomic E-state index is 0.143. The highest BCUT2D eigenvalue weighted by Crippen LogP contribution is 2.32. The summed E-state index contributed by atoms with van der Waals surface area (Å²) in [4.78, 5) is 17.3. The quantitative estimate of drug-likeness (QED) is 0.280. The molecule has 0 fully saturated rings. The zero-order valence-corrected chi connectivity index (χ0v) is 21.1. The molecule has 0 saturated heterocycles. The van der Waals surface area contributed by atoms with Crippen LogP contribution in [0.15, 0.2) is 57.4 Å². The van der Waals surface area contributed by atoms with Crippen LogP contribution in [0, 0.1) is 13.8 Å². The summed E-state index contributed by atoms with van der Waals surface area (Å²) in [5.41, 5.74) is 4.87. The first-order valence-electron chi connectivity index (χ1n) is 9.88. The van der Waals surface area contributed by atoms with Crippen molar-refractivity contribution < 1.29 is 13.9 Å². The maximum absolute atomic E-state index is 12.8. The van der Waals surface area contributed by atoms with E-state index in [0.29, 0.717) is 44.6 Å². The fourth-order valence-corrected chi connectivity index (χ4v) is 4.52. The third-order valence-corrected chi connectivity index (χ3v) is 5.89. The number of fused-ring (bicyclic) bond motifs is 1. The molecule has 0 spiro atoms. The first-order valence-corrected chi connectivity index (χ1v) is 11.5. The molecule has 0 unspecified atom stereocenters. The number of benzene rings is 3. The molecule has 1 amide bonds. The normalized spacial score (nSPS) is 10.8. The van der Waals surface area contributed by atoms with Gasteiger partial charge in [-0.25, -0.2) is 4.98 Å². The van der Waals surface area contributed by atoms with E-state index in [9.17, 15) is 4.79 Å². The Kier molecular flexibility index (Phi) is 6.69. The van der Waals surface area contributed by atoms with Crippen LogP contribution >= 0.6 is 39.7 Å². The number of aryl methyl sites for hydroxylation is 2. The van der Waals surface area contributed by atoms with Crippen molar-refractivity contribution in [3.63, 3.8) is 0 Å². The number of anilines is 1. The summed E-state index contributed by atoms with van der Waals surface area (Å²) in [6.07, 6.45) is 0. The molecule has 4 aromatic rings. The largest absolute Gasteiger partial charge is 0.496 e. The van der Waals surface area contributed by atoms with Crippen molar-refractivity contribution in [1.29, 1.82) is 0 Å². The molecule has 4 rings (SSSR count). The van der Waals surface area contributed by atoms with E-state index < -0.39 is 0 Å². The van der Waals surface area contributed by atoms with Crippen molar-refractivity contribution in [3.8, 4) is 17.2 Å². The van der Waals surface area contributed by atoms with E-state index in [0.717, 1.165) is 15.6 Å². The van der Waals surface area contributed by atoms with Crippen LogP contribution in [0.25, 0.3) is 22.6 Å². The first-order chi connectivity index (χ1) is 15.7. The summed E-state index contributed by atoms with van der Waals surface area (Å²) in [5, 5.41) is 6.41. The second-order valence-electron chi connectivity index (χ2n) is 7.40. The summed E-state index contributed by atoms with van der Waals surface area (Å²) in [6, 6.07) is 14.6. The first kappa shape index (κ1) is 23.2. The van der Waals surface area contributed by atoms with Gasteiger partial charge in [0.1, 0.15) is 11.3 Å². The monoisotopic (exact) mass is 543 g/mol. The Balaban J connectivity index is 1.52. The van der Waals surface area contributed by atoms with E-state index >= 15 is 0 Å². The molecule has 3 aromatic carbocycles. The summed E-state index contributed by atoms with van der Waals surface area (Å²) < 4.78 is 12.0. The number of ether oxygens (including phenoxy) is 1. The molecule has 0 saturated carbocycles. The van der Waals surface area contributed by atoms with Gasteiger partial charge < -0.3 is 14.5 Å². The lowest BCUT2D eigenvalue weighted by Gasteiger charge is -2.13. The number of nitrogens with one attached hydrogen (secondary N) is 2. The SMILES string of the molecule is COc1c(C)cc(Br)cc1C(=O)NC(=S)Nc1ccc2oc(-c3ccc(C)cc3Cl)nc2c1. The van der Waals surface area contributed by atoms with E-state index in [-0.39, 0.29) is 11.0 Å². The van der Waals surface area contributed by atoms with Gasteiger partial charge in [-0.3, -0.25) is 10.1 Å². The third kappa shape index (κ3) is 5.03. The van der Waals surface area contributed by atoms with Gasteiger partial charge in [-0.15, -0.1) is 0 Å². The number of halogens is 2. The van der Waals surface area contributed by atoms with Crippen LogP contribution in [0.1, 0.15) is 21.5 Å². The molecule has 168 valence electrons. The molecule has 0 atom stereocenters. The highest BCUT2D eigenvalue weighted by atomic mass is 79.9. The number of nitrogens with zero attached hydrogens (tertiary/aromatic N) is 1. The van der Waals surface area contributed by atoms with Crippen LogP contribution in [0.2, 0.25) is 5.02 Å². The predicted octanol–water partition coefficient (Wildman–Crippen LogP) is 6.66. The summed E-state index contributed by atoms with van der Waals surface area (Å²) >= 11 is 15.1.